The Labute approximate surface area is 159 Å². The van der Waals surface area contributed by atoms with E-state index in [0.29, 0.717) is 5.75 Å². The minimum Gasteiger partial charge on any atom is -0.506 e. The van der Waals surface area contributed by atoms with E-state index in [2.05, 4.69) is 75.2 Å². The molecule has 0 saturated carbocycles. The van der Waals surface area contributed by atoms with Gasteiger partial charge >= 0.3 is 0 Å². The van der Waals surface area contributed by atoms with Crippen LogP contribution in [0, 0.1) is 6.92 Å². The molecule has 1 aliphatic rings. The summed E-state index contributed by atoms with van der Waals surface area (Å²) >= 11 is 7.28. The van der Waals surface area contributed by atoms with Crippen LogP contribution in [0.1, 0.15) is 29.5 Å². The van der Waals surface area contributed by atoms with E-state index in [9.17, 15) is 5.11 Å². The number of hydrogen-bond donors (Lipinski definition) is 1. The number of benzene rings is 3. The van der Waals surface area contributed by atoms with Crippen molar-refractivity contribution in [1.82, 2.24) is 0 Å². The normalized spacial score (nSPS) is 14.0. The molecule has 0 saturated heterocycles. The van der Waals surface area contributed by atoms with Crippen LogP contribution in [0.4, 0.5) is 0 Å². The van der Waals surface area contributed by atoms with Crippen LogP contribution in [0.2, 0.25) is 0 Å². The molecule has 3 aromatic rings. The fourth-order valence-electron chi connectivity index (χ4n) is 3.87. The molecule has 0 aromatic heterocycles. The Balaban J connectivity index is 2.16. The average Bonchev–Trinajstić information content (AvgIpc) is 2.58. The molecule has 0 radical (unpaired) electrons. The first-order chi connectivity index (χ1) is 11.6. The first-order valence-electron chi connectivity index (χ1n) is 8.29. The SMILES string of the molecule is Cc1c(Br)cc2ccccc2c1-c1c(O)c(Br)cc2c1CCCC2. The number of hydrogen-bond acceptors (Lipinski definition) is 1. The third kappa shape index (κ3) is 2.49. The zero-order valence-corrected chi connectivity index (χ0v) is 16.7. The monoisotopic (exact) mass is 444 g/mol. The Hall–Kier alpha value is -1.32. The van der Waals surface area contributed by atoms with Crippen LogP contribution >= 0.6 is 31.9 Å². The predicted octanol–water partition coefficient (Wildman–Crippen LogP) is 6.92. The first kappa shape index (κ1) is 16.2. The van der Waals surface area contributed by atoms with Gasteiger partial charge in [-0.15, -0.1) is 0 Å². The van der Waals surface area contributed by atoms with Crippen molar-refractivity contribution in [2.24, 2.45) is 0 Å². The number of aromatic hydroxyl groups is 1. The molecule has 1 aliphatic carbocycles. The molecule has 0 unspecified atom stereocenters. The molecule has 122 valence electrons. The summed E-state index contributed by atoms with van der Waals surface area (Å²) in [6.45, 7) is 2.13. The van der Waals surface area contributed by atoms with Gasteiger partial charge in [-0.1, -0.05) is 40.2 Å². The summed E-state index contributed by atoms with van der Waals surface area (Å²) < 4.78 is 1.88. The van der Waals surface area contributed by atoms with Crippen LogP contribution in [0.25, 0.3) is 21.9 Å². The summed E-state index contributed by atoms with van der Waals surface area (Å²) in [5, 5.41) is 13.3. The molecule has 0 heterocycles. The van der Waals surface area contributed by atoms with Gasteiger partial charge in [0, 0.05) is 10.0 Å². The number of phenols is 1. The van der Waals surface area contributed by atoms with Crippen LogP contribution < -0.4 is 0 Å². The van der Waals surface area contributed by atoms with E-state index in [1.54, 1.807) is 0 Å². The van der Waals surface area contributed by atoms with Gasteiger partial charge in [-0.3, -0.25) is 0 Å². The maximum absolute atomic E-state index is 10.9. The van der Waals surface area contributed by atoms with E-state index >= 15 is 0 Å². The number of aryl methyl sites for hydroxylation is 1. The Morgan fingerprint density at radius 2 is 1.67 bits per heavy atom. The van der Waals surface area contributed by atoms with Gasteiger partial charge in [-0.2, -0.15) is 0 Å². The van der Waals surface area contributed by atoms with Crippen molar-refractivity contribution in [2.75, 3.05) is 0 Å². The molecule has 1 nitrogen and oxygen atoms in total. The van der Waals surface area contributed by atoms with Crippen LogP contribution in [0.5, 0.6) is 5.75 Å². The number of fused-ring (bicyclic) bond motifs is 2. The van der Waals surface area contributed by atoms with Gasteiger partial charge in [0.25, 0.3) is 0 Å². The van der Waals surface area contributed by atoms with Gasteiger partial charge in [0.1, 0.15) is 5.75 Å². The lowest BCUT2D eigenvalue weighted by atomic mass is 9.83. The fraction of sp³-hybridized carbons (Fsp3) is 0.238. The molecule has 4 rings (SSSR count). The largest absolute Gasteiger partial charge is 0.506 e. The number of rotatable bonds is 1. The van der Waals surface area contributed by atoms with Crippen molar-refractivity contribution < 1.29 is 5.11 Å². The highest BCUT2D eigenvalue weighted by Gasteiger charge is 2.23. The summed E-state index contributed by atoms with van der Waals surface area (Å²) in [4.78, 5) is 0. The Morgan fingerprint density at radius 1 is 0.917 bits per heavy atom. The average molecular weight is 446 g/mol. The molecule has 0 bridgehead atoms. The lowest BCUT2D eigenvalue weighted by molar-refractivity contribution is 0.472. The van der Waals surface area contributed by atoms with Gasteiger partial charge in [0.05, 0.1) is 4.47 Å². The molecule has 0 aliphatic heterocycles. The minimum atomic E-state index is 0.363. The zero-order valence-electron chi connectivity index (χ0n) is 13.5. The molecule has 0 amide bonds. The molecular formula is C21H18Br2O. The second kappa shape index (κ2) is 6.20. The highest BCUT2D eigenvalue weighted by Crippen LogP contribution is 2.47. The zero-order chi connectivity index (χ0) is 16.8. The highest BCUT2D eigenvalue weighted by molar-refractivity contribution is 9.10. The van der Waals surface area contributed by atoms with E-state index in [1.165, 1.54) is 40.3 Å². The van der Waals surface area contributed by atoms with Crippen LogP contribution in [0.3, 0.4) is 0 Å². The highest BCUT2D eigenvalue weighted by atomic mass is 79.9. The second-order valence-corrected chi connectivity index (χ2v) is 8.21. The van der Waals surface area contributed by atoms with Crippen molar-refractivity contribution in [1.29, 1.82) is 0 Å². The summed E-state index contributed by atoms with van der Waals surface area (Å²) in [6, 6.07) is 12.7. The molecule has 24 heavy (non-hydrogen) atoms. The van der Waals surface area contributed by atoms with Crippen LogP contribution in [-0.4, -0.2) is 5.11 Å². The van der Waals surface area contributed by atoms with Crippen LogP contribution in [-0.2, 0) is 12.8 Å². The second-order valence-electron chi connectivity index (χ2n) is 6.51. The number of halogens is 2. The van der Waals surface area contributed by atoms with Crippen molar-refractivity contribution in [2.45, 2.75) is 32.6 Å². The molecule has 3 aromatic carbocycles. The Kier molecular flexibility index (Phi) is 4.17. The topological polar surface area (TPSA) is 20.2 Å². The van der Waals surface area contributed by atoms with E-state index < -0.39 is 0 Å². The van der Waals surface area contributed by atoms with Gasteiger partial charge in [0.15, 0.2) is 0 Å². The lowest BCUT2D eigenvalue weighted by Gasteiger charge is -2.24. The molecule has 0 fully saturated rings. The minimum absolute atomic E-state index is 0.363. The van der Waals surface area contributed by atoms with Crippen molar-refractivity contribution >= 4 is 42.6 Å². The molecular weight excluding hydrogens is 428 g/mol. The maximum atomic E-state index is 10.9. The van der Waals surface area contributed by atoms with Gasteiger partial charge < -0.3 is 5.11 Å². The van der Waals surface area contributed by atoms with Crippen LogP contribution in [0.15, 0.2) is 45.3 Å². The fourth-order valence-corrected chi connectivity index (χ4v) is 4.78. The van der Waals surface area contributed by atoms with E-state index in [0.717, 1.165) is 32.9 Å². The van der Waals surface area contributed by atoms with Gasteiger partial charge in [-0.05, 0) is 93.7 Å². The van der Waals surface area contributed by atoms with Gasteiger partial charge in [-0.25, -0.2) is 0 Å². The summed E-state index contributed by atoms with van der Waals surface area (Å²) in [5.74, 6) is 0.363. The molecule has 3 heteroatoms. The summed E-state index contributed by atoms with van der Waals surface area (Å²) in [5.41, 5.74) is 6.01. The number of phenolic OH excluding ortho intramolecular Hbond substituents is 1. The Morgan fingerprint density at radius 3 is 2.50 bits per heavy atom. The van der Waals surface area contributed by atoms with E-state index in [1.807, 2.05) is 0 Å². The third-order valence-electron chi connectivity index (χ3n) is 5.07. The van der Waals surface area contributed by atoms with E-state index in [-0.39, 0.29) is 0 Å². The molecule has 0 atom stereocenters. The quantitative estimate of drug-likeness (QED) is 0.430. The summed E-state index contributed by atoms with van der Waals surface area (Å²) in [7, 11) is 0. The van der Waals surface area contributed by atoms with Crippen molar-refractivity contribution in [3.05, 3.63) is 62.0 Å². The van der Waals surface area contributed by atoms with E-state index in [4.69, 9.17) is 0 Å². The van der Waals surface area contributed by atoms with Gasteiger partial charge in [0.2, 0.25) is 0 Å². The standard InChI is InChI=1S/C21H18Br2O/c1-12-17(22)10-13-6-2-4-8-15(13)19(12)20-16-9-5-3-7-14(16)11-18(23)21(20)24/h2,4,6,8,10-11,24H,3,5,7,9H2,1H3. The first-order valence-corrected chi connectivity index (χ1v) is 9.88. The van der Waals surface area contributed by atoms with Crippen molar-refractivity contribution in [3.63, 3.8) is 0 Å². The molecule has 0 spiro atoms. The summed E-state index contributed by atoms with van der Waals surface area (Å²) in [6.07, 6.45) is 4.53. The Bertz CT molecular complexity index is 960. The predicted molar refractivity (Wildman–Crippen MR) is 108 cm³/mol. The molecule has 1 N–H and O–H groups in total. The maximum Gasteiger partial charge on any atom is 0.137 e. The van der Waals surface area contributed by atoms with Crippen molar-refractivity contribution in [3.8, 4) is 16.9 Å². The smallest absolute Gasteiger partial charge is 0.137 e. The third-order valence-corrected chi connectivity index (χ3v) is 6.50. The lowest BCUT2D eigenvalue weighted by Crippen LogP contribution is -2.06.